The van der Waals surface area contributed by atoms with Crippen molar-refractivity contribution in [2.75, 3.05) is 32.5 Å². The molecule has 4 nitrogen and oxygen atoms in total. The smallest absolute Gasteiger partial charge is 0.251 e. The number of aliphatic hydroxyl groups excluding tert-OH is 1. The first kappa shape index (κ1) is 14.7. The number of aliphatic hydroxyl groups is 1. The van der Waals surface area contributed by atoms with E-state index in [1.54, 1.807) is 18.2 Å². The third kappa shape index (κ3) is 4.46. The number of anilines is 1. The minimum Gasteiger partial charge on any atom is -0.495 e. The van der Waals surface area contributed by atoms with Crippen LogP contribution >= 0.6 is 0 Å². The molecule has 0 aliphatic rings. The van der Waals surface area contributed by atoms with Gasteiger partial charge in [-0.3, -0.25) is 4.90 Å². The number of hydrogen-bond acceptors (Lipinski definition) is 4. The highest BCUT2D eigenvalue weighted by atomic mass is 19.3. The standard InChI is InChI=1S/C12H18F2N2O2/c1-18-11-3-2-9(6-10(11)15)7-16(4-5-17)8-12(13)14/h2-3,6,12,17H,4-5,7-8,15H2,1H3. The number of halogens is 2. The second-order valence-electron chi connectivity index (χ2n) is 3.93. The molecule has 1 aromatic rings. The van der Waals surface area contributed by atoms with Crippen molar-refractivity contribution in [3.8, 4) is 5.75 Å². The van der Waals surface area contributed by atoms with Gasteiger partial charge in [-0.25, -0.2) is 8.78 Å². The summed E-state index contributed by atoms with van der Waals surface area (Å²) in [5.74, 6) is 0.557. The van der Waals surface area contributed by atoms with E-state index in [9.17, 15) is 8.78 Å². The van der Waals surface area contributed by atoms with Crippen molar-refractivity contribution in [3.63, 3.8) is 0 Å². The summed E-state index contributed by atoms with van der Waals surface area (Å²) in [6.07, 6.45) is -2.42. The average molecular weight is 260 g/mol. The molecule has 0 fully saturated rings. The van der Waals surface area contributed by atoms with Crippen LogP contribution in [-0.4, -0.2) is 43.2 Å². The Balaban J connectivity index is 2.71. The quantitative estimate of drug-likeness (QED) is 0.726. The van der Waals surface area contributed by atoms with Gasteiger partial charge in [0.15, 0.2) is 0 Å². The lowest BCUT2D eigenvalue weighted by Crippen LogP contribution is -2.31. The Morgan fingerprint density at radius 1 is 1.44 bits per heavy atom. The van der Waals surface area contributed by atoms with Gasteiger partial charge in [0.1, 0.15) is 5.75 Å². The number of nitrogens with zero attached hydrogens (tertiary/aromatic N) is 1. The van der Waals surface area contributed by atoms with Crippen LogP contribution in [0.5, 0.6) is 5.75 Å². The van der Waals surface area contributed by atoms with Gasteiger partial charge >= 0.3 is 0 Å². The van der Waals surface area contributed by atoms with E-state index in [4.69, 9.17) is 15.6 Å². The van der Waals surface area contributed by atoms with E-state index in [1.165, 1.54) is 12.0 Å². The zero-order valence-electron chi connectivity index (χ0n) is 10.3. The van der Waals surface area contributed by atoms with Gasteiger partial charge in [-0.2, -0.15) is 0 Å². The molecule has 0 saturated carbocycles. The maximum atomic E-state index is 12.3. The van der Waals surface area contributed by atoms with Crippen LogP contribution in [-0.2, 0) is 6.54 Å². The summed E-state index contributed by atoms with van der Waals surface area (Å²) in [7, 11) is 1.51. The summed E-state index contributed by atoms with van der Waals surface area (Å²) in [5.41, 5.74) is 7.02. The first-order chi connectivity index (χ1) is 8.56. The molecule has 18 heavy (non-hydrogen) atoms. The van der Waals surface area contributed by atoms with Crippen molar-refractivity contribution in [3.05, 3.63) is 23.8 Å². The Morgan fingerprint density at radius 2 is 2.17 bits per heavy atom. The normalized spacial score (nSPS) is 11.2. The summed E-state index contributed by atoms with van der Waals surface area (Å²) >= 11 is 0. The van der Waals surface area contributed by atoms with E-state index in [1.807, 2.05) is 0 Å². The van der Waals surface area contributed by atoms with Crippen LogP contribution in [0.15, 0.2) is 18.2 Å². The number of rotatable bonds is 7. The second-order valence-corrected chi connectivity index (χ2v) is 3.93. The predicted molar refractivity (Wildman–Crippen MR) is 65.8 cm³/mol. The van der Waals surface area contributed by atoms with Crippen molar-refractivity contribution < 1.29 is 18.6 Å². The molecule has 0 saturated heterocycles. The summed E-state index contributed by atoms with van der Waals surface area (Å²) in [4.78, 5) is 1.48. The number of ether oxygens (including phenoxy) is 1. The van der Waals surface area contributed by atoms with E-state index in [0.717, 1.165) is 5.56 Å². The van der Waals surface area contributed by atoms with Crippen LogP contribution in [0, 0.1) is 0 Å². The third-order valence-electron chi connectivity index (χ3n) is 2.51. The Labute approximate surface area is 105 Å². The minimum absolute atomic E-state index is 0.154. The highest BCUT2D eigenvalue weighted by Gasteiger charge is 2.12. The maximum absolute atomic E-state index is 12.3. The molecule has 6 heteroatoms. The maximum Gasteiger partial charge on any atom is 0.251 e. The van der Waals surface area contributed by atoms with E-state index in [2.05, 4.69) is 0 Å². The topological polar surface area (TPSA) is 58.7 Å². The van der Waals surface area contributed by atoms with Crippen molar-refractivity contribution in [2.24, 2.45) is 0 Å². The van der Waals surface area contributed by atoms with Gasteiger partial charge in [0.2, 0.25) is 0 Å². The SMILES string of the molecule is COc1ccc(CN(CCO)CC(F)F)cc1N. The molecular formula is C12H18F2N2O2. The van der Waals surface area contributed by atoms with Gasteiger partial charge in [0.05, 0.1) is 25.9 Å². The number of methoxy groups -OCH3 is 1. The lowest BCUT2D eigenvalue weighted by Gasteiger charge is -2.21. The lowest BCUT2D eigenvalue weighted by molar-refractivity contribution is 0.0746. The molecule has 0 aliphatic heterocycles. The monoisotopic (exact) mass is 260 g/mol. The molecule has 0 amide bonds. The number of nitrogens with two attached hydrogens (primary N) is 1. The largest absolute Gasteiger partial charge is 0.495 e. The van der Waals surface area contributed by atoms with Crippen molar-refractivity contribution >= 4 is 5.69 Å². The van der Waals surface area contributed by atoms with Gasteiger partial charge in [0, 0.05) is 13.1 Å². The number of benzene rings is 1. The Kier molecular flexibility index (Phi) is 5.80. The van der Waals surface area contributed by atoms with E-state index in [0.29, 0.717) is 18.0 Å². The molecule has 0 atom stereocenters. The van der Waals surface area contributed by atoms with E-state index < -0.39 is 6.43 Å². The molecule has 0 aromatic heterocycles. The Bertz CT molecular complexity index is 375. The summed E-state index contributed by atoms with van der Waals surface area (Å²) in [6.45, 7) is 0.000217. The fraction of sp³-hybridized carbons (Fsp3) is 0.500. The molecule has 3 N–H and O–H groups in total. The molecule has 102 valence electrons. The van der Waals surface area contributed by atoms with Gasteiger partial charge in [0.25, 0.3) is 6.43 Å². The molecule has 0 unspecified atom stereocenters. The van der Waals surface area contributed by atoms with E-state index >= 15 is 0 Å². The predicted octanol–water partition coefficient (Wildman–Crippen LogP) is 1.34. The van der Waals surface area contributed by atoms with Crippen LogP contribution in [0.4, 0.5) is 14.5 Å². The molecule has 0 radical (unpaired) electrons. The van der Waals surface area contributed by atoms with Gasteiger partial charge < -0.3 is 15.6 Å². The summed E-state index contributed by atoms with van der Waals surface area (Å²) in [5, 5.41) is 8.83. The highest BCUT2D eigenvalue weighted by molar-refractivity contribution is 5.54. The van der Waals surface area contributed by atoms with E-state index in [-0.39, 0.29) is 19.7 Å². The molecule has 0 aliphatic carbocycles. The van der Waals surface area contributed by atoms with Crippen LogP contribution < -0.4 is 10.5 Å². The number of alkyl halides is 2. The molecule has 0 heterocycles. The number of hydrogen-bond donors (Lipinski definition) is 2. The average Bonchev–Trinajstić information content (AvgIpc) is 2.28. The first-order valence-electron chi connectivity index (χ1n) is 5.60. The third-order valence-corrected chi connectivity index (χ3v) is 2.51. The zero-order valence-corrected chi connectivity index (χ0v) is 10.3. The summed E-state index contributed by atoms with van der Waals surface area (Å²) < 4.78 is 29.7. The van der Waals surface area contributed by atoms with Crippen molar-refractivity contribution in [1.82, 2.24) is 4.90 Å². The summed E-state index contributed by atoms with van der Waals surface area (Å²) in [6, 6.07) is 5.16. The fourth-order valence-corrected chi connectivity index (χ4v) is 1.71. The van der Waals surface area contributed by atoms with Crippen LogP contribution in [0.3, 0.4) is 0 Å². The van der Waals surface area contributed by atoms with Crippen molar-refractivity contribution in [1.29, 1.82) is 0 Å². The molecule has 0 spiro atoms. The first-order valence-corrected chi connectivity index (χ1v) is 5.60. The Morgan fingerprint density at radius 3 is 2.67 bits per heavy atom. The fourth-order valence-electron chi connectivity index (χ4n) is 1.71. The second kappa shape index (κ2) is 7.13. The molecular weight excluding hydrogens is 242 g/mol. The Hall–Kier alpha value is -1.40. The van der Waals surface area contributed by atoms with Gasteiger partial charge in [-0.1, -0.05) is 6.07 Å². The lowest BCUT2D eigenvalue weighted by atomic mass is 10.1. The van der Waals surface area contributed by atoms with Crippen LogP contribution in [0.2, 0.25) is 0 Å². The van der Waals surface area contributed by atoms with Gasteiger partial charge in [-0.15, -0.1) is 0 Å². The van der Waals surface area contributed by atoms with Gasteiger partial charge in [-0.05, 0) is 17.7 Å². The molecule has 1 rings (SSSR count). The minimum atomic E-state index is -2.42. The zero-order chi connectivity index (χ0) is 13.5. The molecule has 0 bridgehead atoms. The molecule has 1 aromatic carbocycles. The van der Waals surface area contributed by atoms with Crippen LogP contribution in [0.1, 0.15) is 5.56 Å². The highest BCUT2D eigenvalue weighted by Crippen LogP contribution is 2.22. The van der Waals surface area contributed by atoms with Crippen LogP contribution in [0.25, 0.3) is 0 Å². The van der Waals surface area contributed by atoms with Crippen molar-refractivity contribution in [2.45, 2.75) is 13.0 Å². The number of nitrogen functional groups attached to an aromatic ring is 1.